The van der Waals surface area contributed by atoms with Crippen LogP contribution in [0.1, 0.15) is 5.56 Å². The van der Waals surface area contributed by atoms with E-state index < -0.39 is 12.0 Å². The highest BCUT2D eigenvalue weighted by molar-refractivity contribution is 7.89. The van der Waals surface area contributed by atoms with Gasteiger partial charge in [-0.15, -0.1) is 0 Å². The Morgan fingerprint density at radius 3 is 2.53 bits per heavy atom. The normalized spacial score (nSPS) is 12.1. The molecule has 0 bridgehead atoms. The van der Waals surface area contributed by atoms with Crippen LogP contribution in [0.2, 0.25) is 0 Å². The van der Waals surface area contributed by atoms with E-state index in [-0.39, 0.29) is 18.7 Å². The molecule has 4 N–H and O–H groups in total. The minimum Gasteiger partial charge on any atom is -0.480 e. The molecule has 0 heterocycles. The highest BCUT2D eigenvalue weighted by atomic mass is 32.2. The monoisotopic (exact) mass is 229 g/mol. The van der Waals surface area contributed by atoms with E-state index in [4.69, 9.17) is 19.6 Å². The zero-order valence-electron chi connectivity index (χ0n) is 7.79. The first kappa shape index (κ1) is 11.8. The van der Waals surface area contributed by atoms with E-state index in [1.165, 1.54) is 0 Å². The Morgan fingerprint density at radius 1 is 1.47 bits per heavy atom. The van der Waals surface area contributed by atoms with Crippen LogP contribution in [0.3, 0.4) is 0 Å². The van der Waals surface area contributed by atoms with Crippen LogP contribution in [0.5, 0.6) is 5.75 Å². The van der Waals surface area contributed by atoms with Crippen LogP contribution in [-0.2, 0) is 11.2 Å². The summed E-state index contributed by atoms with van der Waals surface area (Å²) >= 11 is 0.261. The minimum atomic E-state index is -1.03. The smallest absolute Gasteiger partial charge is 0.320 e. The summed E-state index contributed by atoms with van der Waals surface area (Å²) < 4.78 is 13.1. The van der Waals surface area contributed by atoms with Crippen molar-refractivity contribution in [2.45, 2.75) is 12.5 Å². The summed E-state index contributed by atoms with van der Waals surface area (Å²) in [6.45, 7) is 0. The van der Waals surface area contributed by atoms with E-state index in [1.807, 2.05) is 0 Å². The number of hydrogen-bond acceptors (Lipinski definition) is 5. The molecule has 0 aliphatic carbocycles. The third kappa shape index (κ3) is 3.78. The van der Waals surface area contributed by atoms with Gasteiger partial charge in [0.1, 0.15) is 11.8 Å². The summed E-state index contributed by atoms with van der Waals surface area (Å²) in [6, 6.07) is 5.77. The quantitative estimate of drug-likeness (QED) is 0.656. The SMILES string of the molecule is NC(Cc1ccc(OSO)cc1)C(=O)O. The zero-order valence-corrected chi connectivity index (χ0v) is 8.61. The summed E-state index contributed by atoms with van der Waals surface area (Å²) in [6.07, 6.45) is 0.266. The number of aliphatic carboxylic acids is 1. The molecule has 1 atom stereocenters. The Morgan fingerprint density at radius 2 is 2.07 bits per heavy atom. The van der Waals surface area contributed by atoms with Crippen LogP contribution >= 0.6 is 12.3 Å². The Hall–Kier alpha value is -1.24. The van der Waals surface area contributed by atoms with Crippen molar-refractivity contribution in [3.8, 4) is 5.75 Å². The number of carbonyl (C=O) groups is 1. The van der Waals surface area contributed by atoms with Gasteiger partial charge in [0.05, 0.1) is 0 Å². The van der Waals surface area contributed by atoms with Gasteiger partial charge in [-0.2, -0.15) is 0 Å². The van der Waals surface area contributed by atoms with Gasteiger partial charge in [-0.25, -0.2) is 0 Å². The van der Waals surface area contributed by atoms with Crippen molar-refractivity contribution in [2.75, 3.05) is 0 Å². The minimum absolute atomic E-state index is 0.261. The van der Waals surface area contributed by atoms with Crippen LogP contribution in [0.4, 0.5) is 0 Å². The highest BCUT2D eigenvalue weighted by Crippen LogP contribution is 2.16. The lowest BCUT2D eigenvalue weighted by molar-refractivity contribution is -0.138. The van der Waals surface area contributed by atoms with Crippen molar-refractivity contribution >= 4 is 18.3 Å². The lowest BCUT2D eigenvalue weighted by Gasteiger charge is -2.06. The molecule has 1 rings (SSSR count). The highest BCUT2D eigenvalue weighted by Gasteiger charge is 2.11. The fraction of sp³-hybridized carbons (Fsp3) is 0.222. The molecular formula is C9H11NO4S. The van der Waals surface area contributed by atoms with Crippen molar-refractivity contribution in [3.63, 3.8) is 0 Å². The molecule has 82 valence electrons. The second kappa shape index (κ2) is 5.59. The van der Waals surface area contributed by atoms with Gasteiger partial charge in [-0.3, -0.25) is 9.35 Å². The van der Waals surface area contributed by atoms with Crippen LogP contribution in [0, 0.1) is 0 Å². The van der Waals surface area contributed by atoms with Crippen molar-refractivity contribution in [1.82, 2.24) is 0 Å². The Balaban J connectivity index is 2.60. The number of benzene rings is 1. The lowest BCUT2D eigenvalue weighted by Crippen LogP contribution is -2.32. The maximum Gasteiger partial charge on any atom is 0.320 e. The van der Waals surface area contributed by atoms with Crippen molar-refractivity contribution in [2.24, 2.45) is 5.73 Å². The topological polar surface area (TPSA) is 92.8 Å². The molecule has 1 aromatic carbocycles. The van der Waals surface area contributed by atoms with E-state index in [2.05, 4.69) is 0 Å². The Kier molecular flexibility index (Phi) is 4.41. The van der Waals surface area contributed by atoms with E-state index in [1.54, 1.807) is 24.3 Å². The van der Waals surface area contributed by atoms with Gasteiger partial charge in [0.25, 0.3) is 0 Å². The zero-order chi connectivity index (χ0) is 11.3. The number of nitrogens with two attached hydrogens (primary N) is 1. The average Bonchev–Trinajstić information content (AvgIpc) is 2.21. The number of rotatable bonds is 5. The molecule has 15 heavy (non-hydrogen) atoms. The molecule has 0 aliphatic heterocycles. The molecule has 1 unspecified atom stereocenters. The Bertz CT molecular complexity index is 327. The number of carboxylic acid groups (broad SMARTS) is 1. The molecule has 6 heteroatoms. The van der Waals surface area contributed by atoms with Crippen molar-refractivity contribution < 1.29 is 18.6 Å². The maximum absolute atomic E-state index is 10.5. The first-order valence-corrected chi connectivity index (χ1v) is 4.88. The van der Waals surface area contributed by atoms with Gasteiger partial charge < -0.3 is 15.0 Å². The van der Waals surface area contributed by atoms with Crippen LogP contribution < -0.4 is 9.92 Å². The fourth-order valence-corrected chi connectivity index (χ4v) is 1.26. The van der Waals surface area contributed by atoms with Crippen LogP contribution in [0.15, 0.2) is 24.3 Å². The standard InChI is InChI=1S/C9H11NO4S/c10-8(9(11)12)5-6-1-3-7(4-2-6)14-15-13/h1-4,8,13H,5,10H2,(H,11,12). The van der Waals surface area contributed by atoms with Gasteiger partial charge in [-0.1, -0.05) is 12.1 Å². The third-order valence-electron chi connectivity index (χ3n) is 1.83. The third-order valence-corrected chi connectivity index (χ3v) is 2.10. The van der Waals surface area contributed by atoms with E-state index in [0.29, 0.717) is 5.75 Å². The maximum atomic E-state index is 10.5. The van der Waals surface area contributed by atoms with Crippen LogP contribution in [-0.4, -0.2) is 21.7 Å². The van der Waals surface area contributed by atoms with Gasteiger partial charge in [-0.05, 0) is 24.1 Å². The Labute approximate surface area is 91.3 Å². The number of carboxylic acids is 1. The van der Waals surface area contributed by atoms with Gasteiger partial charge in [0.15, 0.2) is 0 Å². The molecular weight excluding hydrogens is 218 g/mol. The lowest BCUT2D eigenvalue weighted by atomic mass is 10.1. The predicted octanol–water partition coefficient (Wildman–Crippen LogP) is 1.14. The largest absolute Gasteiger partial charge is 0.480 e. The summed E-state index contributed by atoms with van der Waals surface area (Å²) in [7, 11) is 0. The molecule has 0 spiro atoms. The van der Waals surface area contributed by atoms with E-state index >= 15 is 0 Å². The second-order valence-corrected chi connectivity index (χ2v) is 3.27. The molecule has 5 nitrogen and oxygen atoms in total. The average molecular weight is 229 g/mol. The summed E-state index contributed by atoms with van der Waals surface area (Å²) in [5, 5.41) is 8.60. The molecule has 0 saturated carbocycles. The fourth-order valence-electron chi connectivity index (χ4n) is 1.07. The first-order chi connectivity index (χ1) is 7.13. The molecule has 0 amide bonds. The van der Waals surface area contributed by atoms with Crippen LogP contribution in [0.25, 0.3) is 0 Å². The summed E-state index contributed by atoms with van der Waals surface area (Å²) in [5.74, 6) is -0.531. The second-order valence-electron chi connectivity index (χ2n) is 2.95. The molecule has 0 fully saturated rings. The van der Waals surface area contributed by atoms with Crippen molar-refractivity contribution in [1.29, 1.82) is 0 Å². The van der Waals surface area contributed by atoms with Gasteiger partial charge in [0, 0.05) is 0 Å². The van der Waals surface area contributed by atoms with Gasteiger partial charge in [0.2, 0.25) is 12.3 Å². The first-order valence-electron chi connectivity index (χ1n) is 4.19. The molecule has 0 aliphatic rings. The van der Waals surface area contributed by atoms with Gasteiger partial charge >= 0.3 is 5.97 Å². The summed E-state index contributed by atoms with van der Waals surface area (Å²) in [5.41, 5.74) is 6.18. The molecule has 0 saturated heterocycles. The number of hydrogen-bond donors (Lipinski definition) is 3. The summed E-state index contributed by atoms with van der Waals surface area (Å²) in [4.78, 5) is 10.5. The molecule has 0 radical (unpaired) electrons. The molecule has 1 aromatic rings. The van der Waals surface area contributed by atoms with E-state index in [9.17, 15) is 4.79 Å². The molecule has 0 aromatic heterocycles. The van der Waals surface area contributed by atoms with Crippen molar-refractivity contribution in [3.05, 3.63) is 29.8 Å². The predicted molar refractivity (Wildman–Crippen MR) is 56.6 cm³/mol. The van der Waals surface area contributed by atoms with E-state index in [0.717, 1.165) is 5.56 Å².